The van der Waals surface area contributed by atoms with E-state index in [2.05, 4.69) is 15.6 Å². The Morgan fingerprint density at radius 1 is 1.57 bits per heavy atom. The second kappa shape index (κ2) is 3.79. The molecule has 1 fully saturated rings. The van der Waals surface area contributed by atoms with Crippen LogP contribution in [0.2, 0.25) is 0 Å². The van der Waals surface area contributed by atoms with Crippen molar-refractivity contribution in [1.82, 2.24) is 20.2 Å². The Morgan fingerprint density at radius 2 is 2.43 bits per heavy atom. The number of amides is 1. The lowest BCUT2D eigenvalue weighted by atomic mass is 10.2. The Bertz CT molecular complexity index is 333. The molecular formula is C9H14N4O. The number of carbonyl (C=O) groups excluding carboxylic acids is 1. The van der Waals surface area contributed by atoms with Crippen molar-refractivity contribution in [2.45, 2.75) is 12.5 Å². The topological polar surface area (TPSA) is 59.0 Å². The summed E-state index contributed by atoms with van der Waals surface area (Å²) >= 11 is 0. The highest BCUT2D eigenvalue weighted by Gasteiger charge is 2.24. The van der Waals surface area contributed by atoms with Crippen molar-refractivity contribution in [2.24, 2.45) is 7.05 Å². The van der Waals surface area contributed by atoms with Crippen molar-refractivity contribution in [1.29, 1.82) is 0 Å². The summed E-state index contributed by atoms with van der Waals surface area (Å²) < 4.78 is 1.86. The molecule has 5 heteroatoms. The molecule has 1 aromatic heterocycles. The third-order valence-corrected chi connectivity index (χ3v) is 2.38. The maximum Gasteiger partial charge on any atom is 0.244 e. The molecule has 0 radical (unpaired) electrons. The minimum atomic E-state index is -0.308. The Hall–Kier alpha value is -1.36. The molecule has 1 aliphatic rings. The molecule has 2 heterocycles. The van der Waals surface area contributed by atoms with Gasteiger partial charge in [-0.3, -0.25) is 10.1 Å². The Balaban J connectivity index is 2.23. The zero-order chi connectivity index (χ0) is 9.97. The molecule has 1 amide bonds. The minimum absolute atomic E-state index is 0.0109. The number of rotatable bonds is 1. The van der Waals surface area contributed by atoms with Gasteiger partial charge in [-0.05, 0) is 13.0 Å². The van der Waals surface area contributed by atoms with Crippen LogP contribution in [0, 0.1) is 0 Å². The fourth-order valence-electron chi connectivity index (χ4n) is 1.60. The molecule has 5 nitrogen and oxygen atoms in total. The first-order valence-corrected chi connectivity index (χ1v) is 4.77. The van der Waals surface area contributed by atoms with Gasteiger partial charge >= 0.3 is 0 Å². The van der Waals surface area contributed by atoms with Gasteiger partial charge in [-0.2, -0.15) is 0 Å². The predicted octanol–water partition coefficient (Wildman–Crippen LogP) is -0.429. The van der Waals surface area contributed by atoms with Crippen LogP contribution in [-0.2, 0) is 11.8 Å². The molecular weight excluding hydrogens is 180 g/mol. The van der Waals surface area contributed by atoms with E-state index in [0.717, 1.165) is 25.3 Å². The van der Waals surface area contributed by atoms with E-state index in [4.69, 9.17) is 0 Å². The van der Waals surface area contributed by atoms with Crippen LogP contribution in [0.3, 0.4) is 0 Å². The summed E-state index contributed by atoms with van der Waals surface area (Å²) in [5, 5.41) is 6.03. The average Bonchev–Trinajstić information content (AvgIpc) is 2.46. The standard InChI is InChI=1S/C9H14N4O/c1-13-6-5-11-8(13)7-9(14)12-4-2-3-10-7/h5-7,10H,2-4H2,1H3,(H,12,14). The fourth-order valence-corrected chi connectivity index (χ4v) is 1.60. The molecule has 76 valence electrons. The molecule has 0 aliphatic carbocycles. The zero-order valence-corrected chi connectivity index (χ0v) is 8.16. The van der Waals surface area contributed by atoms with Gasteiger partial charge < -0.3 is 9.88 Å². The summed E-state index contributed by atoms with van der Waals surface area (Å²) in [5.41, 5.74) is 0. The Morgan fingerprint density at radius 3 is 3.14 bits per heavy atom. The first-order chi connectivity index (χ1) is 6.79. The molecule has 1 aliphatic heterocycles. The molecule has 0 spiro atoms. The quantitative estimate of drug-likeness (QED) is 0.638. The van der Waals surface area contributed by atoms with E-state index in [-0.39, 0.29) is 11.9 Å². The van der Waals surface area contributed by atoms with Crippen molar-refractivity contribution >= 4 is 5.91 Å². The van der Waals surface area contributed by atoms with Gasteiger partial charge in [-0.25, -0.2) is 4.98 Å². The molecule has 0 saturated carbocycles. The second-order valence-corrected chi connectivity index (χ2v) is 3.43. The summed E-state index contributed by atoms with van der Waals surface area (Å²) in [7, 11) is 1.89. The van der Waals surface area contributed by atoms with Gasteiger partial charge in [0.1, 0.15) is 11.9 Å². The van der Waals surface area contributed by atoms with Crippen LogP contribution in [0.5, 0.6) is 0 Å². The van der Waals surface area contributed by atoms with E-state index in [0.29, 0.717) is 0 Å². The van der Waals surface area contributed by atoms with Gasteiger partial charge in [-0.15, -0.1) is 0 Å². The average molecular weight is 194 g/mol. The molecule has 1 saturated heterocycles. The van der Waals surface area contributed by atoms with Crippen molar-refractivity contribution in [2.75, 3.05) is 13.1 Å². The first kappa shape index (κ1) is 9.21. The SMILES string of the molecule is Cn1ccnc1C1NCCCNC1=O. The van der Waals surface area contributed by atoms with Crippen LogP contribution >= 0.6 is 0 Å². The second-order valence-electron chi connectivity index (χ2n) is 3.43. The number of imidazole rings is 1. The van der Waals surface area contributed by atoms with E-state index in [1.165, 1.54) is 0 Å². The van der Waals surface area contributed by atoms with Crippen molar-refractivity contribution in [3.8, 4) is 0 Å². The van der Waals surface area contributed by atoms with E-state index in [1.54, 1.807) is 6.20 Å². The number of nitrogens with one attached hydrogen (secondary N) is 2. The molecule has 0 aromatic carbocycles. The summed E-state index contributed by atoms with van der Waals surface area (Å²) in [6.45, 7) is 1.59. The summed E-state index contributed by atoms with van der Waals surface area (Å²) in [5.74, 6) is 0.779. The van der Waals surface area contributed by atoms with Crippen LogP contribution in [0.25, 0.3) is 0 Å². The van der Waals surface area contributed by atoms with Crippen molar-refractivity contribution < 1.29 is 4.79 Å². The molecule has 0 bridgehead atoms. The number of aryl methyl sites for hydroxylation is 1. The first-order valence-electron chi connectivity index (χ1n) is 4.77. The van der Waals surface area contributed by atoms with Gasteiger partial charge in [0, 0.05) is 26.0 Å². The van der Waals surface area contributed by atoms with Gasteiger partial charge in [0.25, 0.3) is 0 Å². The van der Waals surface area contributed by atoms with Gasteiger partial charge in [0.05, 0.1) is 0 Å². The fraction of sp³-hybridized carbons (Fsp3) is 0.556. The third kappa shape index (κ3) is 1.63. The monoisotopic (exact) mass is 194 g/mol. The number of aromatic nitrogens is 2. The molecule has 1 unspecified atom stereocenters. The maximum absolute atomic E-state index is 11.6. The third-order valence-electron chi connectivity index (χ3n) is 2.38. The summed E-state index contributed by atoms with van der Waals surface area (Å²) in [6.07, 6.45) is 4.51. The lowest BCUT2D eigenvalue weighted by molar-refractivity contribution is -0.123. The lowest BCUT2D eigenvalue weighted by Gasteiger charge is -2.13. The van der Waals surface area contributed by atoms with Crippen molar-refractivity contribution in [3.05, 3.63) is 18.2 Å². The van der Waals surface area contributed by atoms with Crippen LogP contribution in [0.1, 0.15) is 18.3 Å². The Kier molecular flexibility index (Phi) is 2.49. The summed E-state index contributed by atoms with van der Waals surface area (Å²) in [6, 6.07) is -0.308. The summed E-state index contributed by atoms with van der Waals surface area (Å²) in [4.78, 5) is 15.8. The number of nitrogens with zero attached hydrogens (tertiary/aromatic N) is 2. The van der Waals surface area contributed by atoms with Crippen molar-refractivity contribution in [3.63, 3.8) is 0 Å². The number of hydrogen-bond acceptors (Lipinski definition) is 3. The van der Waals surface area contributed by atoms with E-state index >= 15 is 0 Å². The molecule has 2 rings (SSSR count). The van der Waals surface area contributed by atoms with Gasteiger partial charge in [0.15, 0.2) is 0 Å². The highest BCUT2D eigenvalue weighted by molar-refractivity contribution is 5.82. The molecule has 1 atom stereocenters. The van der Waals surface area contributed by atoms with Gasteiger partial charge in [0.2, 0.25) is 5.91 Å². The van der Waals surface area contributed by atoms with Crippen LogP contribution in [-0.4, -0.2) is 28.5 Å². The maximum atomic E-state index is 11.6. The predicted molar refractivity (Wildman–Crippen MR) is 51.6 cm³/mol. The highest BCUT2D eigenvalue weighted by atomic mass is 16.2. The molecule has 2 N–H and O–H groups in total. The van der Waals surface area contributed by atoms with E-state index in [1.807, 2.05) is 17.8 Å². The largest absolute Gasteiger partial charge is 0.354 e. The minimum Gasteiger partial charge on any atom is -0.354 e. The number of hydrogen-bond donors (Lipinski definition) is 2. The zero-order valence-electron chi connectivity index (χ0n) is 8.16. The highest BCUT2D eigenvalue weighted by Crippen LogP contribution is 2.11. The smallest absolute Gasteiger partial charge is 0.244 e. The van der Waals surface area contributed by atoms with Crippen LogP contribution in [0.15, 0.2) is 12.4 Å². The Labute approximate surface area is 82.5 Å². The number of carbonyl (C=O) groups is 1. The molecule has 1 aromatic rings. The van der Waals surface area contributed by atoms with E-state index < -0.39 is 0 Å². The normalized spacial score (nSPS) is 22.9. The van der Waals surface area contributed by atoms with Crippen LogP contribution < -0.4 is 10.6 Å². The van der Waals surface area contributed by atoms with Gasteiger partial charge in [-0.1, -0.05) is 0 Å². The lowest BCUT2D eigenvalue weighted by Crippen LogP contribution is -2.35. The molecule has 14 heavy (non-hydrogen) atoms. The van der Waals surface area contributed by atoms with E-state index in [9.17, 15) is 4.79 Å². The van der Waals surface area contributed by atoms with Crippen LogP contribution in [0.4, 0.5) is 0 Å².